The van der Waals surface area contributed by atoms with Gasteiger partial charge in [-0.15, -0.1) is 0 Å². The van der Waals surface area contributed by atoms with Crippen molar-refractivity contribution in [3.63, 3.8) is 0 Å². The van der Waals surface area contributed by atoms with E-state index in [4.69, 9.17) is 10.5 Å². The number of benzene rings is 1. The van der Waals surface area contributed by atoms with Crippen LogP contribution in [0.3, 0.4) is 0 Å². The molecule has 1 aromatic rings. The van der Waals surface area contributed by atoms with Gasteiger partial charge in [0.15, 0.2) is 5.96 Å². The van der Waals surface area contributed by atoms with Crippen molar-refractivity contribution in [2.75, 3.05) is 25.1 Å². The fourth-order valence-corrected chi connectivity index (χ4v) is 1.66. The molecule has 4 heteroatoms. The summed E-state index contributed by atoms with van der Waals surface area (Å²) in [6.07, 6.45) is 1.09. The molecule has 1 atom stereocenters. The number of para-hydroxylation sites is 1. The third-order valence-corrected chi connectivity index (χ3v) is 2.59. The molecule has 1 aromatic carbocycles. The Hall–Kier alpha value is -1.55. The van der Waals surface area contributed by atoms with Gasteiger partial charge in [-0.1, -0.05) is 18.2 Å². The molecule has 0 radical (unpaired) electrons. The van der Waals surface area contributed by atoms with Gasteiger partial charge in [0.25, 0.3) is 0 Å². The molecule has 1 unspecified atom stereocenters. The minimum atomic E-state index is 0.470. The first-order valence-electron chi connectivity index (χ1n) is 5.54. The summed E-state index contributed by atoms with van der Waals surface area (Å²) in [5.74, 6) is 0.995. The lowest BCUT2D eigenvalue weighted by Crippen LogP contribution is -2.23. The van der Waals surface area contributed by atoms with Crippen LogP contribution in [0, 0.1) is 5.92 Å². The molecule has 1 aliphatic heterocycles. The second-order valence-corrected chi connectivity index (χ2v) is 3.95. The molecule has 0 aliphatic carbocycles. The van der Waals surface area contributed by atoms with Crippen LogP contribution in [0.4, 0.5) is 5.69 Å². The zero-order valence-electron chi connectivity index (χ0n) is 9.23. The maximum Gasteiger partial charge on any atom is 0.193 e. The molecule has 1 saturated heterocycles. The highest BCUT2D eigenvalue weighted by Crippen LogP contribution is 2.12. The lowest BCUT2D eigenvalue weighted by atomic mass is 10.1. The second kappa shape index (κ2) is 5.51. The quantitative estimate of drug-likeness (QED) is 0.597. The molecule has 0 amide bonds. The molecule has 4 nitrogen and oxygen atoms in total. The Morgan fingerprint density at radius 3 is 2.94 bits per heavy atom. The summed E-state index contributed by atoms with van der Waals surface area (Å²) in [5, 5.41) is 3.05. The fourth-order valence-electron chi connectivity index (χ4n) is 1.66. The van der Waals surface area contributed by atoms with Crippen LogP contribution in [0.5, 0.6) is 0 Å². The normalized spacial score (nSPS) is 21.0. The van der Waals surface area contributed by atoms with Gasteiger partial charge in [0.05, 0.1) is 6.61 Å². The average molecular weight is 219 g/mol. The van der Waals surface area contributed by atoms with E-state index in [-0.39, 0.29) is 0 Å². The second-order valence-electron chi connectivity index (χ2n) is 3.95. The molecule has 1 fully saturated rings. The average Bonchev–Trinajstić information content (AvgIpc) is 2.81. The van der Waals surface area contributed by atoms with Crippen LogP contribution in [0.1, 0.15) is 6.42 Å². The van der Waals surface area contributed by atoms with Crippen LogP contribution in [-0.2, 0) is 4.74 Å². The third-order valence-electron chi connectivity index (χ3n) is 2.59. The lowest BCUT2D eigenvalue weighted by Gasteiger charge is -2.07. The Labute approximate surface area is 95.5 Å². The Morgan fingerprint density at radius 1 is 1.44 bits per heavy atom. The predicted molar refractivity (Wildman–Crippen MR) is 65.5 cm³/mol. The molecule has 3 N–H and O–H groups in total. The summed E-state index contributed by atoms with van der Waals surface area (Å²) in [7, 11) is 0. The van der Waals surface area contributed by atoms with Crippen LogP contribution in [-0.4, -0.2) is 25.7 Å². The molecule has 86 valence electrons. The largest absolute Gasteiger partial charge is 0.381 e. The Bertz CT molecular complexity index is 345. The predicted octanol–water partition coefficient (Wildman–Crippen LogP) is 1.45. The van der Waals surface area contributed by atoms with Gasteiger partial charge in [-0.3, -0.25) is 4.99 Å². The SMILES string of the molecule is NC(=NCC1CCOC1)Nc1ccccc1. The first-order chi connectivity index (χ1) is 7.84. The maximum atomic E-state index is 5.78. The summed E-state index contributed by atoms with van der Waals surface area (Å²) in [6, 6.07) is 9.80. The number of anilines is 1. The Kier molecular flexibility index (Phi) is 3.77. The van der Waals surface area contributed by atoms with E-state index in [0.29, 0.717) is 11.9 Å². The number of aliphatic imine (C=N–C) groups is 1. The molecule has 0 spiro atoms. The maximum absolute atomic E-state index is 5.78. The van der Waals surface area contributed by atoms with E-state index in [1.54, 1.807) is 0 Å². The van der Waals surface area contributed by atoms with Crippen molar-refractivity contribution >= 4 is 11.6 Å². The van der Waals surface area contributed by atoms with Crippen LogP contribution in [0.15, 0.2) is 35.3 Å². The molecule has 1 aliphatic rings. The summed E-state index contributed by atoms with van der Waals surface area (Å²) >= 11 is 0. The standard InChI is InChI=1S/C12H17N3O/c13-12(14-8-10-6-7-16-9-10)15-11-4-2-1-3-5-11/h1-5,10H,6-9H2,(H3,13,14,15). The van der Waals surface area contributed by atoms with E-state index in [9.17, 15) is 0 Å². The highest BCUT2D eigenvalue weighted by atomic mass is 16.5. The number of ether oxygens (including phenoxy) is 1. The fraction of sp³-hybridized carbons (Fsp3) is 0.417. The number of rotatable bonds is 3. The minimum absolute atomic E-state index is 0.470. The van der Waals surface area contributed by atoms with E-state index in [2.05, 4.69) is 10.3 Å². The van der Waals surface area contributed by atoms with Gasteiger partial charge >= 0.3 is 0 Å². The number of hydrogen-bond donors (Lipinski definition) is 2. The number of nitrogens with one attached hydrogen (secondary N) is 1. The number of nitrogens with zero attached hydrogens (tertiary/aromatic N) is 1. The van der Waals surface area contributed by atoms with Gasteiger partial charge in [-0.25, -0.2) is 0 Å². The third kappa shape index (κ3) is 3.24. The molecule has 2 rings (SSSR count). The first kappa shape index (κ1) is 11.0. The molecule has 0 bridgehead atoms. The Morgan fingerprint density at radius 2 is 2.25 bits per heavy atom. The van der Waals surface area contributed by atoms with Crippen LogP contribution >= 0.6 is 0 Å². The van der Waals surface area contributed by atoms with Gasteiger partial charge in [-0.05, 0) is 18.6 Å². The monoisotopic (exact) mass is 219 g/mol. The molecule has 16 heavy (non-hydrogen) atoms. The van der Waals surface area contributed by atoms with Crippen LogP contribution < -0.4 is 11.1 Å². The summed E-state index contributed by atoms with van der Waals surface area (Å²) in [5.41, 5.74) is 6.75. The van der Waals surface area contributed by atoms with E-state index in [0.717, 1.165) is 31.9 Å². The number of nitrogens with two attached hydrogens (primary N) is 1. The topological polar surface area (TPSA) is 59.6 Å². The number of guanidine groups is 1. The molecular formula is C12H17N3O. The van der Waals surface area contributed by atoms with Gasteiger partial charge in [0.2, 0.25) is 0 Å². The van der Waals surface area contributed by atoms with Crippen molar-refractivity contribution in [3.05, 3.63) is 30.3 Å². The number of hydrogen-bond acceptors (Lipinski definition) is 2. The van der Waals surface area contributed by atoms with Crippen molar-refractivity contribution in [1.82, 2.24) is 0 Å². The van der Waals surface area contributed by atoms with Crippen molar-refractivity contribution in [1.29, 1.82) is 0 Å². The van der Waals surface area contributed by atoms with Crippen molar-refractivity contribution in [3.8, 4) is 0 Å². The van der Waals surface area contributed by atoms with Crippen molar-refractivity contribution in [2.45, 2.75) is 6.42 Å². The van der Waals surface area contributed by atoms with E-state index < -0.39 is 0 Å². The molecule has 1 heterocycles. The van der Waals surface area contributed by atoms with E-state index in [1.807, 2.05) is 30.3 Å². The molecular weight excluding hydrogens is 202 g/mol. The lowest BCUT2D eigenvalue weighted by molar-refractivity contribution is 0.187. The van der Waals surface area contributed by atoms with Crippen LogP contribution in [0.2, 0.25) is 0 Å². The van der Waals surface area contributed by atoms with Gasteiger partial charge in [0.1, 0.15) is 0 Å². The summed E-state index contributed by atoms with van der Waals surface area (Å²) in [4.78, 5) is 4.30. The minimum Gasteiger partial charge on any atom is -0.381 e. The zero-order valence-corrected chi connectivity index (χ0v) is 9.23. The van der Waals surface area contributed by atoms with Crippen molar-refractivity contribution < 1.29 is 4.74 Å². The smallest absolute Gasteiger partial charge is 0.193 e. The highest BCUT2D eigenvalue weighted by molar-refractivity contribution is 5.92. The van der Waals surface area contributed by atoms with Gasteiger partial charge < -0.3 is 15.8 Å². The summed E-state index contributed by atoms with van der Waals surface area (Å²) < 4.78 is 5.28. The Balaban J connectivity index is 1.82. The van der Waals surface area contributed by atoms with Crippen molar-refractivity contribution in [2.24, 2.45) is 16.6 Å². The summed E-state index contributed by atoms with van der Waals surface area (Å²) in [6.45, 7) is 2.40. The molecule has 0 aromatic heterocycles. The molecule has 0 saturated carbocycles. The van der Waals surface area contributed by atoms with Crippen LogP contribution in [0.25, 0.3) is 0 Å². The van der Waals surface area contributed by atoms with Gasteiger partial charge in [-0.2, -0.15) is 0 Å². The highest BCUT2D eigenvalue weighted by Gasteiger charge is 2.14. The first-order valence-corrected chi connectivity index (χ1v) is 5.54. The van der Waals surface area contributed by atoms with Gasteiger partial charge in [0, 0.05) is 24.8 Å². The zero-order chi connectivity index (χ0) is 11.2. The van der Waals surface area contributed by atoms with E-state index in [1.165, 1.54) is 0 Å². The van der Waals surface area contributed by atoms with E-state index >= 15 is 0 Å².